The van der Waals surface area contributed by atoms with Crippen LogP contribution in [0.5, 0.6) is 0 Å². The maximum atomic E-state index is 11.3. The predicted molar refractivity (Wildman–Crippen MR) is 53.7 cm³/mol. The number of carbonyl (C=O) groups excluding carboxylic acids is 1. The second kappa shape index (κ2) is 6.07. The van der Waals surface area contributed by atoms with Gasteiger partial charge in [0.15, 0.2) is 5.69 Å². The molecule has 1 amide bonds. The first-order valence-electron chi connectivity index (χ1n) is 4.47. The fraction of sp³-hybridized carbons (Fsp3) is 0.500. The molecule has 82 valence electrons. The number of carboxylic acids is 1. The molecule has 2 N–H and O–H groups in total. The predicted octanol–water partition coefficient (Wildman–Crippen LogP) is 0.523. The molecule has 1 heterocycles. The highest BCUT2D eigenvalue weighted by molar-refractivity contribution is 6.99. The number of aromatic nitrogens is 2. The van der Waals surface area contributed by atoms with Crippen molar-refractivity contribution in [3.8, 4) is 0 Å². The van der Waals surface area contributed by atoms with Gasteiger partial charge < -0.3 is 10.4 Å². The highest BCUT2D eigenvalue weighted by atomic mass is 32.1. The van der Waals surface area contributed by atoms with E-state index in [1.807, 2.05) is 0 Å². The van der Waals surface area contributed by atoms with Crippen LogP contribution < -0.4 is 5.32 Å². The summed E-state index contributed by atoms with van der Waals surface area (Å²) in [6.07, 6.45) is 2.74. The van der Waals surface area contributed by atoms with Crippen molar-refractivity contribution in [1.82, 2.24) is 14.1 Å². The van der Waals surface area contributed by atoms with Crippen LogP contribution in [-0.4, -0.2) is 32.3 Å². The molecular weight excluding hydrogens is 218 g/mol. The maximum absolute atomic E-state index is 11.3. The Kier molecular flexibility index (Phi) is 4.69. The van der Waals surface area contributed by atoms with E-state index in [4.69, 9.17) is 5.11 Å². The van der Waals surface area contributed by atoms with Crippen LogP contribution in [0.25, 0.3) is 0 Å². The van der Waals surface area contributed by atoms with Gasteiger partial charge in [0, 0.05) is 13.0 Å². The van der Waals surface area contributed by atoms with Crippen LogP contribution in [0.3, 0.4) is 0 Å². The Morgan fingerprint density at radius 3 is 2.87 bits per heavy atom. The van der Waals surface area contributed by atoms with Crippen molar-refractivity contribution in [1.29, 1.82) is 0 Å². The van der Waals surface area contributed by atoms with Gasteiger partial charge >= 0.3 is 5.97 Å². The Bertz CT molecular complexity index is 326. The molecule has 7 heteroatoms. The van der Waals surface area contributed by atoms with Gasteiger partial charge in [0.25, 0.3) is 5.91 Å². The normalized spacial score (nSPS) is 9.87. The molecule has 0 radical (unpaired) electrons. The molecule has 0 saturated carbocycles. The number of carbonyl (C=O) groups is 2. The summed E-state index contributed by atoms with van der Waals surface area (Å²) in [4.78, 5) is 21.5. The zero-order valence-electron chi connectivity index (χ0n) is 7.97. The monoisotopic (exact) mass is 229 g/mol. The largest absolute Gasteiger partial charge is 0.481 e. The van der Waals surface area contributed by atoms with Gasteiger partial charge in [-0.05, 0) is 12.8 Å². The molecular formula is C8H11N3O3S. The van der Waals surface area contributed by atoms with E-state index in [1.165, 1.54) is 6.20 Å². The van der Waals surface area contributed by atoms with E-state index in [0.717, 1.165) is 11.7 Å². The lowest BCUT2D eigenvalue weighted by molar-refractivity contribution is -0.137. The Labute approximate surface area is 90.7 Å². The second-order valence-electron chi connectivity index (χ2n) is 2.90. The SMILES string of the molecule is O=C(O)CCCCNC(=O)c1cnsn1. The Morgan fingerprint density at radius 1 is 1.47 bits per heavy atom. The summed E-state index contributed by atoms with van der Waals surface area (Å²) in [5.74, 6) is -1.08. The van der Waals surface area contributed by atoms with Crippen molar-refractivity contribution < 1.29 is 14.7 Å². The van der Waals surface area contributed by atoms with Crippen molar-refractivity contribution in [2.75, 3.05) is 6.54 Å². The summed E-state index contributed by atoms with van der Waals surface area (Å²) in [6, 6.07) is 0. The summed E-state index contributed by atoms with van der Waals surface area (Å²) in [7, 11) is 0. The number of amides is 1. The molecule has 0 bridgehead atoms. The summed E-state index contributed by atoms with van der Waals surface area (Å²) in [6.45, 7) is 0.462. The highest BCUT2D eigenvalue weighted by Crippen LogP contribution is 1.96. The van der Waals surface area contributed by atoms with Crippen molar-refractivity contribution >= 4 is 23.6 Å². The molecule has 0 aliphatic rings. The third-order valence-electron chi connectivity index (χ3n) is 1.70. The number of hydrogen-bond acceptors (Lipinski definition) is 5. The molecule has 1 rings (SSSR count). The smallest absolute Gasteiger partial charge is 0.303 e. The standard InChI is InChI=1S/C8H11N3O3S/c12-7(13)3-1-2-4-9-8(14)6-5-10-15-11-6/h5H,1-4H2,(H,9,14)(H,12,13). The van der Waals surface area contributed by atoms with Crippen LogP contribution >= 0.6 is 11.7 Å². The van der Waals surface area contributed by atoms with Gasteiger partial charge in [-0.15, -0.1) is 0 Å². The van der Waals surface area contributed by atoms with E-state index in [1.54, 1.807) is 0 Å². The lowest BCUT2D eigenvalue weighted by Gasteiger charge is -2.01. The molecule has 15 heavy (non-hydrogen) atoms. The molecule has 0 atom stereocenters. The molecule has 0 saturated heterocycles. The number of carboxylic acid groups (broad SMARTS) is 1. The Balaban J connectivity index is 2.10. The fourth-order valence-corrected chi connectivity index (χ4v) is 1.37. The van der Waals surface area contributed by atoms with Gasteiger partial charge in [0.1, 0.15) is 0 Å². The second-order valence-corrected chi connectivity index (χ2v) is 3.46. The van der Waals surface area contributed by atoms with Crippen LogP contribution in [0.15, 0.2) is 6.20 Å². The minimum absolute atomic E-state index is 0.133. The Hall–Kier alpha value is -1.50. The van der Waals surface area contributed by atoms with E-state index < -0.39 is 5.97 Å². The molecule has 0 aromatic carbocycles. The molecule has 0 unspecified atom stereocenters. The first-order valence-corrected chi connectivity index (χ1v) is 5.20. The van der Waals surface area contributed by atoms with Crippen molar-refractivity contribution in [2.24, 2.45) is 0 Å². The van der Waals surface area contributed by atoms with E-state index in [0.29, 0.717) is 25.1 Å². The number of rotatable bonds is 6. The third kappa shape index (κ3) is 4.50. The molecule has 6 nitrogen and oxygen atoms in total. The lowest BCUT2D eigenvalue weighted by atomic mass is 10.2. The van der Waals surface area contributed by atoms with Gasteiger partial charge in [-0.25, -0.2) is 0 Å². The van der Waals surface area contributed by atoms with Gasteiger partial charge in [0.2, 0.25) is 0 Å². The quantitative estimate of drug-likeness (QED) is 0.694. The van der Waals surface area contributed by atoms with E-state index in [2.05, 4.69) is 14.1 Å². The van der Waals surface area contributed by atoms with Gasteiger partial charge in [-0.1, -0.05) is 0 Å². The van der Waals surface area contributed by atoms with Crippen LogP contribution in [0.4, 0.5) is 0 Å². The van der Waals surface area contributed by atoms with Crippen molar-refractivity contribution in [3.63, 3.8) is 0 Å². The first kappa shape index (κ1) is 11.6. The van der Waals surface area contributed by atoms with E-state index >= 15 is 0 Å². The van der Waals surface area contributed by atoms with Crippen molar-refractivity contribution in [2.45, 2.75) is 19.3 Å². The summed E-state index contributed by atoms with van der Waals surface area (Å²) >= 11 is 0.977. The summed E-state index contributed by atoms with van der Waals surface area (Å²) in [5, 5.41) is 11.0. The Morgan fingerprint density at radius 2 is 2.27 bits per heavy atom. The van der Waals surface area contributed by atoms with Crippen LogP contribution in [0.2, 0.25) is 0 Å². The molecule has 1 aromatic rings. The number of nitrogens with one attached hydrogen (secondary N) is 1. The fourth-order valence-electron chi connectivity index (χ4n) is 0.958. The van der Waals surface area contributed by atoms with Crippen LogP contribution in [0, 0.1) is 0 Å². The van der Waals surface area contributed by atoms with Crippen LogP contribution in [0.1, 0.15) is 29.8 Å². The van der Waals surface area contributed by atoms with Gasteiger partial charge in [0.05, 0.1) is 17.9 Å². The maximum Gasteiger partial charge on any atom is 0.303 e. The number of aliphatic carboxylic acids is 1. The zero-order chi connectivity index (χ0) is 11.1. The molecule has 1 aromatic heterocycles. The number of hydrogen-bond donors (Lipinski definition) is 2. The zero-order valence-corrected chi connectivity index (χ0v) is 8.79. The highest BCUT2D eigenvalue weighted by Gasteiger charge is 2.07. The van der Waals surface area contributed by atoms with Crippen molar-refractivity contribution in [3.05, 3.63) is 11.9 Å². The average molecular weight is 229 g/mol. The summed E-state index contributed by atoms with van der Waals surface area (Å²) in [5.41, 5.74) is 0.304. The minimum atomic E-state index is -0.815. The number of unbranched alkanes of at least 4 members (excludes halogenated alkanes) is 1. The van der Waals surface area contributed by atoms with E-state index in [-0.39, 0.29) is 12.3 Å². The average Bonchev–Trinajstić information content (AvgIpc) is 2.69. The summed E-state index contributed by atoms with van der Waals surface area (Å²) < 4.78 is 7.47. The molecule has 0 aliphatic carbocycles. The lowest BCUT2D eigenvalue weighted by Crippen LogP contribution is -2.24. The third-order valence-corrected chi connectivity index (χ3v) is 2.17. The number of nitrogens with zero attached hydrogens (tertiary/aromatic N) is 2. The van der Waals surface area contributed by atoms with Gasteiger partial charge in [-0.3, -0.25) is 9.59 Å². The van der Waals surface area contributed by atoms with Crippen LogP contribution in [-0.2, 0) is 4.79 Å². The topological polar surface area (TPSA) is 92.2 Å². The minimum Gasteiger partial charge on any atom is -0.481 e. The van der Waals surface area contributed by atoms with Gasteiger partial charge in [-0.2, -0.15) is 8.75 Å². The first-order chi connectivity index (χ1) is 7.20. The molecule has 0 fully saturated rings. The molecule has 0 spiro atoms. The van der Waals surface area contributed by atoms with E-state index in [9.17, 15) is 9.59 Å². The molecule has 0 aliphatic heterocycles.